The maximum absolute atomic E-state index is 12.6. The Kier molecular flexibility index (Phi) is 5.54. The third-order valence-corrected chi connectivity index (χ3v) is 6.50. The van der Waals surface area contributed by atoms with E-state index >= 15 is 0 Å². The van der Waals surface area contributed by atoms with Crippen LogP contribution in [0.3, 0.4) is 0 Å². The van der Waals surface area contributed by atoms with Crippen molar-refractivity contribution in [2.75, 3.05) is 0 Å². The maximum atomic E-state index is 12.6. The molecule has 2 atom stereocenters. The van der Waals surface area contributed by atoms with Gasteiger partial charge in [0.1, 0.15) is 5.78 Å². The minimum absolute atomic E-state index is 0.0294. The number of fused-ring (bicyclic) bond motifs is 1. The summed E-state index contributed by atoms with van der Waals surface area (Å²) in [6.45, 7) is 3.50. The highest BCUT2D eigenvalue weighted by atomic mass is 32.1. The number of carbonyl (C=O) groups excluding carboxylic acids is 3. The third kappa shape index (κ3) is 4.20. The number of rotatable bonds is 6. The lowest BCUT2D eigenvalue weighted by Gasteiger charge is -2.21. The fourth-order valence-corrected chi connectivity index (χ4v) is 4.81. The molecular weight excluding hydrogens is 404 g/mol. The Labute approximate surface area is 177 Å². The zero-order valence-corrected chi connectivity index (χ0v) is 17.1. The van der Waals surface area contributed by atoms with E-state index in [-0.39, 0.29) is 29.1 Å². The summed E-state index contributed by atoms with van der Waals surface area (Å²) in [7, 11) is 0. The summed E-state index contributed by atoms with van der Waals surface area (Å²) in [5.41, 5.74) is 0.700. The molecule has 2 aliphatic rings. The predicted octanol–water partition coefficient (Wildman–Crippen LogP) is 2.68. The van der Waals surface area contributed by atoms with E-state index in [4.69, 9.17) is 0 Å². The monoisotopic (exact) mass is 426 g/mol. The number of hydrogen-bond acceptors (Lipinski definition) is 6. The molecule has 1 aliphatic heterocycles. The van der Waals surface area contributed by atoms with Gasteiger partial charge in [-0.3, -0.25) is 14.9 Å². The molecule has 9 heteroatoms. The van der Waals surface area contributed by atoms with Crippen molar-refractivity contribution >= 4 is 39.3 Å². The number of aliphatic hydroxyl groups is 1. The van der Waals surface area contributed by atoms with Crippen LogP contribution >= 0.6 is 11.3 Å². The van der Waals surface area contributed by atoms with E-state index in [1.54, 1.807) is 11.3 Å². The first kappa shape index (κ1) is 20.1. The lowest BCUT2D eigenvalue weighted by atomic mass is 9.98. The highest BCUT2D eigenvalue weighted by Crippen LogP contribution is 2.29. The number of thiazole rings is 1. The molecule has 1 aliphatic carbocycles. The lowest BCUT2D eigenvalue weighted by Crippen LogP contribution is -2.47. The number of para-hydroxylation sites is 1. The zero-order valence-electron chi connectivity index (χ0n) is 16.2. The van der Waals surface area contributed by atoms with Crippen LogP contribution in [0, 0.1) is 5.92 Å². The molecular formula is C21H22N4O4S. The third-order valence-electron chi connectivity index (χ3n) is 5.40. The van der Waals surface area contributed by atoms with Crippen LogP contribution in [0.25, 0.3) is 10.2 Å². The molecule has 0 bridgehead atoms. The Bertz CT molecular complexity index is 1040. The molecule has 4 N–H and O–H groups in total. The predicted molar refractivity (Wildman–Crippen MR) is 113 cm³/mol. The highest BCUT2D eigenvalue weighted by molar-refractivity contribution is 7.18. The molecule has 0 spiro atoms. The Balaban J connectivity index is 1.30. The van der Waals surface area contributed by atoms with Crippen molar-refractivity contribution in [2.45, 2.75) is 38.1 Å². The number of carbonyl (C=O) groups is 3. The zero-order chi connectivity index (χ0) is 21.3. The minimum atomic E-state index is -0.628. The van der Waals surface area contributed by atoms with Gasteiger partial charge in [-0.2, -0.15) is 0 Å². The molecule has 1 saturated carbocycles. The summed E-state index contributed by atoms with van der Waals surface area (Å²) in [4.78, 5) is 41.1. The van der Waals surface area contributed by atoms with Crippen molar-refractivity contribution < 1.29 is 19.5 Å². The molecule has 1 aromatic carbocycles. The van der Waals surface area contributed by atoms with Gasteiger partial charge in [-0.15, -0.1) is 11.3 Å². The quantitative estimate of drug-likeness (QED) is 0.566. The van der Waals surface area contributed by atoms with Crippen molar-refractivity contribution in [1.82, 2.24) is 20.9 Å². The first-order valence-corrected chi connectivity index (χ1v) is 10.6. The van der Waals surface area contributed by atoms with E-state index in [0.29, 0.717) is 32.1 Å². The number of aliphatic hydroxyl groups excluding tert-OH is 1. The molecule has 2 aromatic rings. The number of ketones is 1. The van der Waals surface area contributed by atoms with Crippen LogP contribution in [0.15, 0.2) is 48.0 Å². The van der Waals surface area contributed by atoms with Crippen LogP contribution in [0.5, 0.6) is 0 Å². The van der Waals surface area contributed by atoms with Gasteiger partial charge in [0.25, 0.3) is 5.91 Å². The topological polar surface area (TPSA) is 120 Å². The Morgan fingerprint density at radius 1 is 1.27 bits per heavy atom. The summed E-state index contributed by atoms with van der Waals surface area (Å²) in [6, 6.07) is 7.10. The number of benzene rings is 1. The smallest absolute Gasteiger partial charge is 0.324 e. The fourth-order valence-electron chi connectivity index (χ4n) is 3.84. The SMILES string of the molecule is C=C1NC(=O)NC(C(=O)N[C@@H]2CC[C@@H](C(=O)CCc3nc4ccccc4s3)C2)=C1O. The molecule has 1 aromatic heterocycles. The number of hydrogen-bond donors (Lipinski definition) is 4. The minimum Gasteiger partial charge on any atom is -0.504 e. The number of urea groups is 1. The van der Waals surface area contributed by atoms with Gasteiger partial charge in [0.05, 0.1) is 20.9 Å². The van der Waals surface area contributed by atoms with Gasteiger partial charge in [-0.05, 0) is 31.4 Å². The Morgan fingerprint density at radius 2 is 2.07 bits per heavy atom. The van der Waals surface area contributed by atoms with Crippen molar-refractivity contribution in [1.29, 1.82) is 0 Å². The van der Waals surface area contributed by atoms with Gasteiger partial charge in [0.2, 0.25) is 0 Å². The fraction of sp³-hybridized carbons (Fsp3) is 0.333. The highest BCUT2D eigenvalue weighted by Gasteiger charge is 2.33. The summed E-state index contributed by atoms with van der Waals surface area (Å²) in [5, 5.41) is 18.3. The second-order valence-electron chi connectivity index (χ2n) is 7.50. The summed E-state index contributed by atoms with van der Waals surface area (Å²) in [5.74, 6) is -0.911. The number of aryl methyl sites for hydroxylation is 1. The van der Waals surface area contributed by atoms with Crippen molar-refractivity contribution in [3.05, 3.63) is 53.0 Å². The molecule has 0 saturated heterocycles. The van der Waals surface area contributed by atoms with Crippen LogP contribution in [0.2, 0.25) is 0 Å². The molecule has 3 amide bonds. The lowest BCUT2D eigenvalue weighted by molar-refractivity contribution is -0.123. The average molecular weight is 426 g/mol. The number of nitrogens with one attached hydrogen (secondary N) is 3. The van der Waals surface area contributed by atoms with Gasteiger partial charge in [0.15, 0.2) is 11.5 Å². The van der Waals surface area contributed by atoms with E-state index < -0.39 is 17.7 Å². The molecule has 2 heterocycles. The number of aromatic nitrogens is 1. The normalized spacial score (nSPS) is 21.5. The molecule has 8 nitrogen and oxygen atoms in total. The van der Waals surface area contributed by atoms with E-state index in [1.807, 2.05) is 24.3 Å². The van der Waals surface area contributed by atoms with Crippen LogP contribution in [0.1, 0.15) is 30.7 Å². The number of amides is 3. The van der Waals surface area contributed by atoms with Crippen LogP contribution in [-0.2, 0) is 16.0 Å². The average Bonchev–Trinajstić information content (AvgIpc) is 3.35. The van der Waals surface area contributed by atoms with Crippen molar-refractivity contribution in [2.24, 2.45) is 5.92 Å². The second-order valence-corrected chi connectivity index (χ2v) is 8.62. The molecule has 30 heavy (non-hydrogen) atoms. The molecule has 1 fully saturated rings. The Morgan fingerprint density at radius 3 is 2.87 bits per heavy atom. The van der Waals surface area contributed by atoms with E-state index in [9.17, 15) is 19.5 Å². The van der Waals surface area contributed by atoms with E-state index in [2.05, 4.69) is 27.5 Å². The maximum Gasteiger partial charge on any atom is 0.324 e. The number of nitrogens with zero attached hydrogens (tertiary/aromatic N) is 1. The van der Waals surface area contributed by atoms with E-state index in [1.165, 1.54) is 0 Å². The second kappa shape index (κ2) is 8.27. The van der Waals surface area contributed by atoms with Crippen LogP contribution in [-0.4, -0.2) is 33.9 Å². The summed E-state index contributed by atoms with van der Waals surface area (Å²) < 4.78 is 1.12. The van der Waals surface area contributed by atoms with Crippen molar-refractivity contribution in [3.63, 3.8) is 0 Å². The first-order chi connectivity index (χ1) is 14.4. The molecule has 0 unspecified atom stereocenters. The molecule has 4 rings (SSSR count). The Hall–Kier alpha value is -3.20. The van der Waals surface area contributed by atoms with Gasteiger partial charge in [-0.25, -0.2) is 9.78 Å². The van der Waals surface area contributed by atoms with Gasteiger partial charge in [0, 0.05) is 24.8 Å². The first-order valence-electron chi connectivity index (χ1n) is 9.79. The summed E-state index contributed by atoms with van der Waals surface area (Å²) in [6.07, 6.45) is 2.97. The van der Waals surface area contributed by atoms with E-state index in [0.717, 1.165) is 15.2 Å². The summed E-state index contributed by atoms with van der Waals surface area (Å²) >= 11 is 1.61. The molecule has 0 radical (unpaired) electrons. The van der Waals surface area contributed by atoms with Crippen LogP contribution in [0.4, 0.5) is 4.79 Å². The van der Waals surface area contributed by atoms with Gasteiger partial charge >= 0.3 is 6.03 Å². The van der Waals surface area contributed by atoms with Gasteiger partial charge < -0.3 is 15.7 Å². The standard InChI is InChI=1S/C21H22N4O4S/c1-11-19(27)18(25-21(29)22-11)20(28)23-13-7-6-12(10-13)15(26)8-9-17-24-14-4-2-3-5-16(14)30-17/h2-5,12-13,27H,1,6-10H2,(H,23,28)(H2,22,25,29)/t12-,13-/m1/s1. The number of Topliss-reactive ketones (excluding diaryl/α,β-unsaturated/α-hetero) is 1. The van der Waals surface area contributed by atoms with Gasteiger partial charge in [-0.1, -0.05) is 18.7 Å². The largest absolute Gasteiger partial charge is 0.504 e. The molecule has 156 valence electrons. The van der Waals surface area contributed by atoms with Crippen LogP contribution < -0.4 is 16.0 Å². The van der Waals surface area contributed by atoms with Crippen molar-refractivity contribution in [3.8, 4) is 0 Å².